The Balaban J connectivity index is 1.78. The summed E-state index contributed by atoms with van der Waals surface area (Å²) < 4.78 is 26.2. The Morgan fingerprint density at radius 1 is 1.27 bits per heavy atom. The van der Waals surface area contributed by atoms with E-state index in [-0.39, 0.29) is 12.7 Å². The molecule has 0 aromatic carbocycles. The highest BCUT2D eigenvalue weighted by molar-refractivity contribution is 7.39. The molecule has 1 heterocycles. The number of hydrogen-bond donors (Lipinski definition) is 0. The van der Waals surface area contributed by atoms with E-state index in [1.807, 2.05) is 0 Å². The van der Waals surface area contributed by atoms with Crippen LogP contribution in [0.4, 0.5) is 4.79 Å². The zero-order chi connectivity index (χ0) is 10.7. The number of cyclic esters (lactones) is 2. The van der Waals surface area contributed by atoms with E-state index in [1.54, 1.807) is 0 Å². The molecule has 1 saturated heterocycles. The van der Waals surface area contributed by atoms with Crippen LogP contribution in [0.15, 0.2) is 0 Å². The Labute approximate surface area is 88.9 Å². The zero-order valence-corrected chi connectivity index (χ0v) is 9.28. The fourth-order valence-electron chi connectivity index (χ4n) is 1.81. The SMILES string of the molecule is O=C1OCC([P+](=O)OC2CCCCC2)O1. The van der Waals surface area contributed by atoms with Crippen molar-refractivity contribution in [2.24, 2.45) is 0 Å². The first-order chi connectivity index (χ1) is 7.25. The summed E-state index contributed by atoms with van der Waals surface area (Å²) in [5.74, 6) is -0.713. The lowest BCUT2D eigenvalue weighted by molar-refractivity contribution is 0.120. The summed E-state index contributed by atoms with van der Waals surface area (Å²) in [6, 6.07) is 0. The lowest BCUT2D eigenvalue weighted by atomic mass is 9.98. The molecule has 0 amide bonds. The van der Waals surface area contributed by atoms with E-state index in [4.69, 9.17) is 9.26 Å². The molecular formula is C9H14O5P+. The van der Waals surface area contributed by atoms with Gasteiger partial charge in [-0.3, -0.25) is 0 Å². The Hall–Kier alpha value is -0.670. The van der Waals surface area contributed by atoms with Crippen LogP contribution in [0.3, 0.4) is 0 Å². The summed E-state index contributed by atoms with van der Waals surface area (Å²) in [7, 11) is -1.95. The normalized spacial score (nSPS) is 28.4. The average molecular weight is 233 g/mol. The van der Waals surface area contributed by atoms with Crippen molar-refractivity contribution in [2.75, 3.05) is 6.61 Å². The van der Waals surface area contributed by atoms with Gasteiger partial charge in [0.15, 0.2) is 6.61 Å². The summed E-state index contributed by atoms with van der Waals surface area (Å²) in [6.45, 7) is 0.0424. The van der Waals surface area contributed by atoms with Gasteiger partial charge in [0, 0.05) is 0 Å². The lowest BCUT2D eigenvalue weighted by Crippen LogP contribution is -2.16. The van der Waals surface area contributed by atoms with Gasteiger partial charge in [0.25, 0.3) is 0 Å². The van der Waals surface area contributed by atoms with Gasteiger partial charge in [-0.25, -0.2) is 4.79 Å². The van der Waals surface area contributed by atoms with Crippen LogP contribution in [-0.2, 0) is 18.6 Å². The third-order valence-corrected chi connectivity index (χ3v) is 3.85. The van der Waals surface area contributed by atoms with Crippen LogP contribution in [0.2, 0.25) is 0 Å². The zero-order valence-electron chi connectivity index (χ0n) is 8.39. The summed E-state index contributed by atoms with van der Waals surface area (Å²) in [4.78, 5) is 10.6. The minimum absolute atomic E-state index is 0.0424. The molecule has 0 aromatic rings. The molecular weight excluding hydrogens is 219 g/mol. The molecule has 1 saturated carbocycles. The predicted octanol–water partition coefficient (Wildman–Crippen LogP) is 2.57. The van der Waals surface area contributed by atoms with Crippen LogP contribution in [-0.4, -0.2) is 24.7 Å². The molecule has 2 fully saturated rings. The molecule has 2 aliphatic rings. The van der Waals surface area contributed by atoms with Gasteiger partial charge < -0.3 is 9.47 Å². The van der Waals surface area contributed by atoms with Gasteiger partial charge in [0.05, 0.1) is 0 Å². The molecule has 0 N–H and O–H groups in total. The first-order valence-electron chi connectivity index (χ1n) is 5.22. The molecule has 0 aromatic heterocycles. The van der Waals surface area contributed by atoms with E-state index in [0.29, 0.717) is 0 Å². The average Bonchev–Trinajstić information content (AvgIpc) is 2.66. The second-order valence-corrected chi connectivity index (χ2v) is 5.14. The number of rotatable bonds is 3. The van der Waals surface area contributed by atoms with Crippen molar-refractivity contribution < 1.29 is 23.4 Å². The number of carbonyl (C=O) groups excluding carboxylic acids is 1. The van der Waals surface area contributed by atoms with Gasteiger partial charge in [-0.2, -0.15) is 0 Å². The molecule has 2 rings (SSSR count). The summed E-state index contributed by atoms with van der Waals surface area (Å²) >= 11 is 0. The molecule has 2 atom stereocenters. The highest BCUT2D eigenvalue weighted by atomic mass is 31.1. The quantitative estimate of drug-likeness (QED) is 0.553. The van der Waals surface area contributed by atoms with Crippen LogP contribution < -0.4 is 0 Å². The Morgan fingerprint density at radius 3 is 2.60 bits per heavy atom. The molecule has 15 heavy (non-hydrogen) atoms. The number of carbonyl (C=O) groups is 1. The van der Waals surface area contributed by atoms with Gasteiger partial charge in [-0.05, 0) is 17.4 Å². The van der Waals surface area contributed by atoms with Crippen molar-refractivity contribution in [1.29, 1.82) is 0 Å². The van der Waals surface area contributed by atoms with Crippen LogP contribution >= 0.6 is 8.03 Å². The maximum absolute atomic E-state index is 11.6. The Bertz CT molecular complexity index is 261. The van der Waals surface area contributed by atoms with Crippen molar-refractivity contribution in [2.45, 2.75) is 44.1 Å². The van der Waals surface area contributed by atoms with Crippen LogP contribution in [0.25, 0.3) is 0 Å². The second kappa shape index (κ2) is 4.90. The highest BCUT2D eigenvalue weighted by Gasteiger charge is 2.45. The molecule has 1 aliphatic carbocycles. The Kier molecular flexibility index (Phi) is 3.54. The second-order valence-electron chi connectivity index (χ2n) is 3.78. The van der Waals surface area contributed by atoms with Gasteiger partial charge in [-0.1, -0.05) is 19.3 Å². The van der Waals surface area contributed by atoms with Crippen LogP contribution in [0.5, 0.6) is 0 Å². The molecule has 1 aliphatic heterocycles. The minimum atomic E-state index is -1.95. The summed E-state index contributed by atoms with van der Waals surface area (Å²) in [6.07, 6.45) is 4.66. The van der Waals surface area contributed by atoms with Gasteiger partial charge in [0.2, 0.25) is 0 Å². The van der Waals surface area contributed by atoms with Crippen molar-refractivity contribution >= 4 is 14.2 Å². The van der Waals surface area contributed by atoms with Crippen LogP contribution in [0.1, 0.15) is 32.1 Å². The first-order valence-corrected chi connectivity index (χ1v) is 6.47. The van der Waals surface area contributed by atoms with Crippen molar-refractivity contribution in [1.82, 2.24) is 0 Å². The first kappa shape index (κ1) is 10.8. The standard InChI is InChI=1S/C9H14O5P/c10-9-12-6-8(13-9)15(11)14-7-4-2-1-3-5-7/h7-8H,1-6H2/q+1. The highest BCUT2D eigenvalue weighted by Crippen LogP contribution is 2.38. The molecule has 6 heteroatoms. The minimum Gasteiger partial charge on any atom is -0.425 e. The fraction of sp³-hybridized carbons (Fsp3) is 0.889. The molecule has 0 bridgehead atoms. The summed E-state index contributed by atoms with van der Waals surface area (Å²) in [5, 5.41) is 0. The van der Waals surface area contributed by atoms with Gasteiger partial charge >= 0.3 is 20.0 Å². The lowest BCUT2D eigenvalue weighted by Gasteiger charge is -2.16. The predicted molar refractivity (Wildman–Crippen MR) is 51.8 cm³/mol. The summed E-state index contributed by atoms with van der Waals surface area (Å²) in [5.41, 5.74) is 0. The van der Waals surface area contributed by atoms with E-state index in [2.05, 4.69) is 4.74 Å². The number of ether oxygens (including phenoxy) is 2. The molecule has 2 unspecified atom stereocenters. The van der Waals surface area contributed by atoms with E-state index in [9.17, 15) is 9.36 Å². The van der Waals surface area contributed by atoms with Crippen molar-refractivity contribution in [3.8, 4) is 0 Å². The molecule has 84 valence electrons. The molecule has 0 radical (unpaired) electrons. The van der Waals surface area contributed by atoms with Gasteiger partial charge in [0.1, 0.15) is 6.10 Å². The largest absolute Gasteiger partial charge is 0.557 e. The Morgan fingerprint density at radius 2 is 2.00 bits per heavy atom. The fourth-order valence-corrected chi connectivity index (χ4v) is 2.82. The topological polar surface area (TPSA) is 61.8 Å². The molecule has 0 spiro atoms. The van der Waals surface area contributed by atoms with Crippen molar-refractivity contribution in [3.05, 3.63) is 0 Å². The maximum atomic E-state index is 11.6. The van der Waals surface area contributed by atoms with Crippen LogP contribution in [0, 0.1) is 0 Å². The van der Waals surface area contributed by atoms with E-state index in [1.165, 1.54) is 6.42 Å². The molecule has 5 nitrogen and oxygen atoms in total. The van der Waals surface area contributed by atoms with Crippen molar-refractivity contribution in [3.63, 3.8) is 0 Å². The smallest absolute Gasteiger partial charge is 0.425 e. The van der Waals surface area contributed by atoms with E-state index >= 15 is 0 Å². The monoisotopic (exact) mass is 233 g/mol. The number of hydrogen-bond acceptors (Lipinski definition) is 5. The van der Waals surface area contributed by atoms with E-state index in [0.717, 1.165) is 25.7 Å². The van der Waals surface area contributed by atoms with Gasteiger partial charge in [-0.15, -0.1) is 4.52 Å². The maximum Gasteiger partial charge on any atom is 0.557 e. The third-order valence-electron chi connectivity index (χ3n) is 2.62. The third kappa shape index (κ3) is 2.89. The van der Waals surface area contributed by atoms with E-state index < -0.39 is 20.0 Å².